The summed E-state index contributed by atoms with van der Waals surface area (Å²) in [6.07, 6.45) is 4.20. The molecule has 2 aliphatic carbocycles. The van der Waals surface area contributed by atoms with Crippen LogP contribution in [-0.2, 0) is 41.8 Å². The predicted octanol–water partition coefficient (Wildman–Crippen LogP) is 4.30. The fraction of sp³-hybridized carbons (Fsp3) is 0.360. The molecule has 0 saturated carbocycles. The van der Waals surface area contributed by atoms with Gasteiger partial charge in [-0.1, -0.05) is 35.9 Å². The highest BCUT2D eigenvalue weighted by Gasteiger charge is 2.29. The molecule has 2 aliphatic rings. The van der Waals surface area contributed by atoms with Gasteiger partial charge in [-0.05, 0) is 66.8 Å². The summed E-state index contributed by atoms with van der Waals surface area (Å²) in [6, 6.07) is 10.9. The number of carbonyl (C=O) groups is 2. The number of aromatic nitrogens is 1. The molecule has 0 spiro atoms. The maximum atomic E-state index is 14.1. The van der Waals surface area contributed by atoms with Gasteiger partial charge in [0.05, 0.1) is 10.5 Å². The Hall–Kier alpha value is -2.86. The van der Waals surface area contributed by atoms with Crippen LogP contribution in [0.5, 0.6) is 0 Å². The molecule has 1 atom stereocenters. The lowest BCUT2D eigenvalue weighted by Crippen LogP contribution is -2.39. The molecule has 0 unspecified atom stereocenters. The first-order valence-electron chi connectivity index (χ1n) is 11.0. The molecule has 7 heteroatoms. The third-order valence-electron chi connectivity index (χ3n) is 6.75. The number of halogens is 2. The second-order valence-electron chi connectivity index (χ2n) is 8.94. The van der Waals surface area contributed by atoms with Gasteiger partial charge >= 0.3 is 5.97 Å². The van der Waals surface area contributed by atoms with Crippen LogP contribution in [0.4, 0.5) is 4.39 Å². The van der Waals surface area contributed by atoms with E-state index in [9.17, 15) is 19.1 Å². The summed E-state index contributed by atoms with van der Waals surface area (Å²) in [4.78, 5) is 24.2. The minimum atomic E-state index is -0.974. The minimum absolute atomic E-state index is 0.0368. The van der Waals surface area contributed by atoms with Gasteiger partial charge < -0.3 is 15.0 Å². The van der Waals surface area contributed by atoms with E-state index >= 15 is 0 Å². The first kappa shape index (κ1) is 21.0. The van der Waals surface area contributed by atoms with Crippen LogP contribution in [-0.4, -0.2) is 27.6 Å². The number of aliphatic carboxylic acids is 1. The Kier molecular flexibility index (Phi) is 5.41. The molecule has 5 nitrogen and oxygen atoms in total. The molecule has 0 saturated heterocycles. The zero-order chi connectivity index (χ0) is 22.4. The number of hydrogen-bond acceptors (Lipinski definition) is 2. The normalized spacial score (nSPS) is 17.9. The number of benzene rings is 2. The molecule has 5 rings (SSSR count). The van der Waals surface area contributed by atoms with Crippen LogP contribution in [0.3, 0.4) is 0 Å². The zero-order valence-corrected chi connectivity index (χ0v) is 18.3. The van der Waals surface area contributed by atoms with Gasteiger partial charge in [-0.25, -0.2) is 4.39 Å². The highest BCUT2D eigenvalue weighted by atomic mass is 35.5. The Morgan fingerprint density at radius 3 is 2.56 bits per heavy atom. The van der Waals surface area contributed by atoms with Crippen LogP contribution in [0.1, 0.15) is 35.2 Å². The number of fused-ring (bicyclic) bond motifs is 4. The summed E-state index contributed by atoms with van der Waals surface area (Å²) in [5.41, 5.74) is 4.96. The maximum absolute atomic E-state index is 14.1. The highest BCUT2D eigenvalue weighted by molar-refractivity contribution is 6.35. The quantitative estimate of drug-likeness (QED) is 0.604. The van der Waals surface area contributed by atoms with Crippen LogP contribution >= 0.6 is 11.6 Å². The van der Waals surface area contributed by atoms with Gasteiger partial charge in [0.15, 0.2) is 0 Å². The van der Waals surface area contributed by atoms with Gasteiger partial charge in [0.2, 0.25) is 5.91 Å². The van der Waals surface area contributed by atoms with Crippen molar-refractivity contribution < 1.29 is 19.1 Å². The van der Waals surface area contributed by atoms with E-state index in [0.717, 1.165) is 24.1 Å². The Balaban J connectivity index is 1.33. The van der Waals surface area contributed by atoms with Gasteiger partial charge in [-0.3, -0.25) is 9.59 Å². The van der Waals surface area contributed by atoms with Crippen molar-refractivity contribution in [2.24, 2.45) is 5.92 Å². The summed E-state index contributed by atoms with van der Waals surface area (Å²) in [6.45, 7) is -0.226. The fourth-order valence-electron chi connectivity index (χ4n) is 5.47. The Morgan fingerprint density at radius 2 is 1.88 bits per heavy atom. The number of carboxylic acid groups (broad SMARTS) is 1. The summed E-state index contributed by atoms with van der Waals surface area (Å²) in [5.74, 6) is -1.07. The molecule has 0 fully saturated rings. The van der Waals surface area contributed by atoms with E-state index in [4.69, 9.17) is 11.6 Å². The maximum Gasteiger partial charge on any atom is 0.323 e. The number of carbonyl (C=O) groups excluding carboxylic acids is 1. The number of carboxylic acids is 1. The van der Waals surface area contributed by atoms with Crippen molar-refractivity contribution in [3.05, 3.63) is 69.6 Å². The van der Waals surface area contributed by atoms with E-state index in [1.165, 1.54) is 23.3 Å². The first-order chi connectivity index (χ1) is 15.4. The van der Waals surface area contributed by atoms with Crippen LogP contribution in [0.15, 0.2) is 36.4 Å². The molecule has 0 bridgehead atoms. The third-order valence-corrected chi connectivity index (χ3v) is 7.03. The molecule has 166 valence electrons. The van der Waals surface area contributed by atoms with E-state index in [2.05, 4.69) is 17.4 Å². The van der Waals surface area contributed by atoms with Crippen molar-refractivity contribution in [1.29, 1.82) is 0 Å². The minimum Gasteiger partial charge on any atom is -0.480 e. The van der Waals surface area contributed by atoms with Gasteiger partial charge in [0.1, 0.15) is 12.4 Å². The number of nitrogens with one attached hydrogen (secondary N) is 1. The van der Waals surface area contributed by atoms with Gasteiger partial charge in [0, 0.05) is 23.5 Å². The smallest absolute Gasteiger partial charge is 0.323 e. The molecule has 3 aromatic rings. The second kappa shape index (κ2) is 8.24. The summed E-state index contributed by atoms with van der Waals surface area (Å²) < 4.78 is 15.8. The Bertz CT molecular complexity index is 1210. The summed E-state index contributed by atoms with van der Waals surface area (Å²) in [7, 11) is 0. The van der Waals surface area contributed by atoms with E-state index < -0.39 is 11.8 Å². The topological polar surface area (TPSA) is 71.3 Å². The summed E-state index contributed by atoms with van der Waals surface area (Å²) >= 11 is 6.30. The van der Waals surface area contributed by atoms with Crippen LogP contribution in [0, 0.1) is 11.7 Å². The van der Waals surface area contributed by atoms with Crippen LogP contribution in [0.25, 0.3) is 10.9 Å². The lowest BCUT2D eigenvalue weighted by atomic mass is 9.91. The second-order valence-corrected chi connectivity index (χ2v) is 9.35. The van der Waals surface area contributed by atoms with Crippen LogP contribution < -0.4 is 5.32 Å². The number of hydrogen-bond donors (Lipinski definition) is 2. The first-order valence-corrected chi connectivity index (χ1v) is 11.3. The average molecular weight is 455 g/mol. The van der Waals surface area contributed by atoms with Gasteiger partial charge in [-0.15, -0.1) is 0 Å². The Labute approximate surface area is 190 Å². The third kappa shape index (κ3) is 3.88. The highest BCUT2D eigenvalue weighted by Crippen LogP contribution is 2.37. The van der Waals surface area contributed by atoms with E-state index in [-0.39, 0.29) is 23.5 Å². The largest absolute Gasteiger partial charge is 0.480 e. The van der Waals surface area contributed by atoms with E-state index in [1.54, 1.807) is 4.57 Å². The average Bonchev–Trinajstić information content (AvgIpc) is 3.26. The van der Waals surface area contributed by atoms with E-state index in [1.807, 2.05) is 12.1 Å². The predicted molar refractivity (Wildman–Crippen MR) is 120 cm³/mol. The van der Waals surface area contributed by atoms with Crippen LogP contribution in [0.2, 0.25) is 5.02 Å². The molecule has 0 radical (unpaired) electrons. The monoisotopic (exact) mass is 454 g/mol. The lowest BCUT2D eigenvalue weighted by molar-refractivity contribution is -0.137. The van der Waals surface area contributed by atoms with Crippen molar-refractivity contribution in [2.75, 3.05) is 0 Å². The van der Waals surface area contributed by atoms with Crippen molar-refractivity contribution in [1.82, 2.24) is 9.88 Å². The molecular weight excluding hydrogens is 431 g/mol. The molecule has 2 aromatic carbocycles. The summed E-state index contributed by atoms with van der Waals surface area (Å²) in [5, 5.41) is 13.4. The molecule has 2 N–H and O–H groups in total. The van der Waals surface area contributed by atoms with E-state index in [0.29, 0.717) is 42.5 Å². The number of rotatable bonds is 5. The lowest BCUT2D eigenvalue weighted by Gasteiger charge is -2.25. The number of nitrogens with zero attached hydrogens (tertiary/aromatic N) is 1. The fourth-order valence-corrected chi connectivity index (χ4v) is 5.78. The standard InChI is InChI=1S/C25H24ClFN2O3/c26-21-11-17(27)10-20-19-12-18(5-6-22(19)29(25(20)21)13-24(31)32)28-23(30)9-14-7-15-3-1-2-4-16(15)8-14/h1-4,10-11,14,18H,5-9,12-13H2,(H,28,30)(H,31,32)/t18-/m1/s1. The Morgan fingerprint density at radius 1 is 1.16 bits per heavy atom. The van der Waals surface area contributed by atoms with Crippen molar-refractivity contribution in [2.45, 2.75) is 51.1 Å². The SMILES string of the molecule is O=C(O)Cn1c2c(c3cc(F)cc(Cl)c31)C[C@H](NC(=O)CC1Cc3ccccc3C1)CC2. The number of amides is 1. The van der Waals surface area contributed by atoms with Crippen molar-refractivity contribution >= 4 is 34.4 Å². The van der Waals surface area contributed by atoms with Gasteiger partial charge in [0.25, 0.3) is 0 Å². The molecule has 1 heterocycles. The van der Waals surface area contributed by atoms with Crippen molar-refractivity contribution in [3.8, 4) is 0 Å². The molecular formula is C25H24ClFN2O3. The molecule has 0 aliphatic heterocycles. The molecule has 32 heavy (non-hydrogen) atoms. The van der Waals surface area contributed by atoms with Gasteiger partial charge in [-0.2, -0.15) is 0 Å². The molecule has 1 amide bonds. The zero-order valence-electron chi connectivity index (χ0n) is 17.5. The molecule has 1 aromatic heterocycles. The van der Waals surface area contributed by atoms with Crippen molar-refractivity contribution in [3.63, 3.8) is 0 Å².